The average Bonchev–Trinajstić information content (AvgIpc) is 2.05. The summed E-state index contributed by atoms with van der Waals surface area (Å²) in [5.41, 5.74) is 0. The molecule has 0 aliphatic carbocycles. The van der Waals surface area contributed by atoms with Crippen LogP contribution >= 0.6 is 0 Å². The second kappa shape index (κ2) is 6.02. The molecule has 1 aliphatic heterocycles. The van der Waals surface area contributed by atoms with Crippen molar-refractivity contribution < 1.29 is 9.53 Å². The van der Waals surface area contributed by atoms with Crippen LogP contribution in [0.3, 0.4) is 0 Å². The molecule has 82 valence electrons. The quantitative estimate of drug-likeness (QED) is 0.659. The Kier molecular flexibility index (Phi) is 4.94. The van der Waals surface area contributed by atoms with Gasteiger partial charge in [0.2, 0.25) is 5.91 Å². The second-order valence-corrected chi connectivity index (χ2v) is 4.49. The van der Waals surface area contributed by atoms with E-state index in [0.29, 0.717) is 12.3 Å². The van der Waals surface area contributed by atoms with Gasteiger partial charge in [0.05, 0.1) is 13.2 Å². The number of ether oxygens (including phenoxy) is 1. The van der Waals surface area contributed by atoms with E-state index in [1.165, 1.54) is 6.42 Å². The van der Waals surface area contributed by atoms with Crippen LogP contribution in [0.2, 0.25) is 0 Å². The molecule has 0 aromatic heterocycles. The zero-order valence-corrected chi connectivity index (χ0v) is 9.21. The van der Waals surface area contributed by atoms with E-state index in [0.717, 1.165) is 32.1 Å². The van der Waals surface area contributed by atoms with E-state index in [1.54, 1.807) is 0 Å². The Bertz CT molecular complexity index is 176. The van der Waals surface area contributed by atoms with Gasteiger partial charge in [0.1, 0.15) is 0 Å². The molecule has 1 N–H and O–H groups in total. The van der Waals surface area contributed by atoms with E-state index in [1.807, 2.05) is 0 Å². The number of rotatable bonds is 6. The second-order valence-electron chi connectivity index (χ2n) is 4.49. The van der Waals surface area contributed by atoms with Gasteiger partial charge < -0.3 is 10.1 Å². The van der Waals surface area contributed by atoms with Crippen LogP contribution < -0.4 is 5.32 Å². The highest BCUT2D eigenvalue weighted by Gasteiger charge is 2.21. The van der Waals surface area contributed by atoms with Gasteiger partial charge in [-0.3, -0.25) is 4.79 Å². The summed E-state index contributed by atoms with van der Waals surface area (Å²) in [5.74, 6) is 1.38. The Morgan fingerprint density at radius 2 is 2.21 bits per heavy atom. The fourth-order valence-corrected chi connectivity index (χ4v) is 1.47. The summed E-state index contributed by atoms with van der Waals surface area (Å²) < 4.78 is 5.01. The lowest BCUT2D eigenvalue weighted by Crippen LogP contribution is -2.34. The zero-order chi connectivity index (χ0) is 10.4. The topological polar surface area (TPSA) is 38.3 Å². The van der Waals surface area contributed by atoms with Crippen molar-refractivity contribution in [1.29, 1.82) is 0 Å². The molecule has 3 heteroatoms. The van der Waals surface area contributed by atoms with E-state index < -0.39 is 0 Å². The van der Waals surface area contributed by atoms with Crippen LogP contribution in [0.15, 0.2) is 0 Å². The third kappa shape index (κ3) is 4.61. The van der Waals surface area contributed by atoms with E-state index in [9.17, 15) is 4.79 Å². The molecule has 3 nitrogen and oxygen atoms in total. The van der Waals surface area contributed by atoms with Gasteiger partial charge in [-0.15, -0.1) is 0 Å². The van der Waals surface area contributed by atoms with E-state index in [-0.39, 0.29) is 5.91 Å². The maximum atomic E-state index is 11.3. The van der Waals surface area contributed by atoms with Crippen LogP contribution in [-0.2, 0) is 9.53 Å². The molecule has 0 saturated carbocycles. The Labute approximate surface area is 86.2 Å². The summed E-state index contributed by atoms with van der Waals surface area (Å²) in [7, 11) is 0. The minimum atomic E-state index is 0.182. The predicted molar refractivity (Wildman–Crippen MR) is 56.0 cm³/mol. The van der Waals surface area contributed by atoms with Crippen LogP contribution in [0.4, 0.5) is 0 Å². The molecule has 1 heterocycles. The first-order valence-electron chi connectivity index (χ1n) is 5.53. The first-order valence-corrected chi connectivity index (χ1v) is 5.53. The molecule has 0 radical (unpaired) electrons. The minimum Gasteiger partial charge on any atom is -0.381 e. The van der Waals surface area contributed by atoms with E-state index in [2.05, 4.69) is 19.2 Å². The molecule has 1 amide bonds. The molecular weight excluding hydrogens is 178 g/mol. The number of hydrogen-bond donors (Lipinski definition) is 1. The minimum absolute atomic E-state index is 0.182. The summed E-state index contributed by atoms with van der Waals surface area (Å²) >= 11 is 0. The van der Waals surface area contributed by atoms with Crippen LogP contribution in [0.25, 0.3) is 0 Å². The highest BCUT2D eigenvalue weighted by Crippen LogP contribution is 2.13. The summed E-state index contributed by atoms with van der Waals surface area (Å²) in [5, 5.41) is 2.94. The predicted octanol–water partition coefficient (Wildman–Crippen LogP) is 1.58. The van der Waals surface area contributed by atoms with E-state index >= 15 is 0 Å². The van der Waals surface area contributed by atoms with Gasteiger partial charge in [-0.1, -0.05) is 13.8 Å². The van der Waals surface area contributed by atoms with Crippen LogP contribution in [0.1, 0.15) is 33.1 Å². The molecule has 1 rings (SSSR count). The molecular formula is C11H21NO2. The lowest BCUT2D eigenvalue weighted by Gasteiger charge is -2.25. The maximum Gasteiger partial charge on any atom is 0.220 e. The number of amides is 1. The Morgan fingerprint density at radius 3 is 2.71 bits per heavy atom. The Morgan fingerprint density at radius 1 is 1.50 bits per heavy atom. The summed E-state index contributed by atoms with van der Waals surface area (Å²) in [6.07, 6.45) is 2.92. The van der Waals surface area contributed by atoms with Crippen molar-refractivity contribution in [2.75, 3.05) is 19.8 Å². The first-order chi connectivity index (χ1) is 6.68. The third-order valence-corrected chi connectivity index (χ3v) is 2.46. The SMILES string of the molecule is CC(C)CCCNC(=O)CC1COC1. The largest absolute Gasteiger partial charge is 0.381 e. The molecule has 14 heavy (non-hydrogen) atoms. The van der Waals surface area contributed by atoms with Crippen molar-refractivity contribution in [3.05, 3.63) is 0 Å². The van der Waals surface area contributed by atoms with Crippen LogP contribution in [0.5, 0.6) is 0 Å². The van der Waals surface area contributed by atoms with Crippen molar-refractivity contribution in [2.45, 2.75) is 33.1 Å². The van der Waals surface area contributed by atoms with Crippen molar-refractivity contribution in [1.82, 2.24) is 5.32 Å². The molecule has 0 aromatic rings. The van der Waals surface area contributed by atoms with Crippen molar-refractivity contribution >= 4 is 5.91 Å². The molecule has 1 saturated heterocycles. The van der Waals surface area contributed by atoms with Gasteiger partial charge in [-0.25, -0.2) is 0 Å². The molecule has 0 spiro atoms. The van der Waals surface area contributed by atoms with Gasteiger partial charge in [0.25, 0.3) is 0 Å². The van der Waals surface area contributed by atoms with Crippen molar-refractivity contribution in [2.24, 2.45) is 11.8 Å². The molecule has 1 fully saturated rings. The van der Waals surface area contributed by atoms with Gasteiger partial charge in [-0.2, -0.15) is 0 Å². The molecule has 0 atom stereocenters. The van der Waals surface area contributed by atoms with Gasteiger partial charge in [0.15, 0.2) is 0 Å². The smallest absolute Gasteiger partial charge is 0.220 e. The van der Waals surface area contributed by atoms with Gasteiger partial charge in [0, 0.05) is 18.9 Å². The number of carbonyl (C=O) groups is 1. The number of hydrogen-bond acceptors (Lipinski definition) is 2. The molecule has 0 aromatic carbocycles. The normalized spacial score (nSPS) is 16.8. The van der Waals surface area contributed by atoms with Crippen molar-refractivity contribution in [3.63, 3.8) is 0 Å². The Hall–Kier alpha value is -0.570. The third-order valence-electron chi connectivity index (χ3n) is 2.46. The zero-order valence-electron chi connectivity index (χ0n) is 9.21. The Balaban J connectivity index is 1.92. The molecule has 1 aliphatic rings. The monoisotopic (exact) mass is 199 g/mol. The first kappa shape index (κ1) is 11.5. The highest BCUT2D eigenvalue weighted by molar-refractivity contribution is 5.76. The van der Waals surface area contributed by atoms with Gasteiger partial charge in [-0.05, 0) is 18.8 Å². The lowest BCUT2D eigenvalue weighted by molar-refractivity contribution is -0.126. The van der Waals surface area contributed by atoms with Crippen LogP contribution in [-0.4, -0.2) is 25.7 Å². The maximum absolute atomic E-state index is 11.3. The highest BCUT2D eigenvalue weighted by atomic mass is 16.5. The molecule has 0 unspecified atom stereocenters. The van der Waals surface area contributed by atoms with Gasteiger partial charge >= 0.3 is 0 Å². The standard InChI is InChI=1S/C11H21NO2/c1-9(2)4-3-5-12-11(13)6-10-7-14-8-10/h9-10H,3-8H2,1-2H3,(H,12,13). The fraction of sp³-hybridized carbons (Fsp3) is 0.909. The average molecular weight is 199 g/mol. The lowest BCUT2D eigenvalue weighted by atomic mass is 10.0. The van der Waals surface area contributed by atoms with Crippen molar-refractivity contribution in [3.8, 4) is 0 Å². The fourth-order valence-electron chi connectivity index (χ4n) is 1.47. The van der Waals surface area contributed by atoms with E-state index in [4.69, 9.17) is 4.74 Å². The summed E-state index contributed by atoms with van der Waals surface area (Å²) in [6.45, 7) is 6.75. The van der Waals surface area contributed by atoms with Crippen LogP contribution in [0, 0.1) is 11.8 Å². The number of carbonyl (C=O) groups excluding carboxylic acids is 1. The summed E-state index contributed by atoms with van der Waals surface area (Å²) in [4.78, 5) is 11.3. The summed E-state index contributed by atoms with van der Waals surface area (Å²) in [6, 6.07) is 0. The molecule has 0 bridgehead atoms. The number of nitrogens with one attached hydrogen (secondary N) is 1.